The molecule has 2 atom stereocenters. The van der Waals surface area contributed by atoms with Crippen LogP contribution >= 0.6 is 0 Å². The Kier molecular flexibility index (Phi) is 4.65. The van der Waals surface area contributed by atoms with Crippen LogP contribution in [0, 0.1) is 11.7 Å². The fourth-order valence-corrected chi connectivity index (χ4v) is 4.20. The molecule has 1 aliphatic heterocycles. The van der Waals surface area contributed by atoms with Gasteiger partial charge in [0.2, 0.25) is 5.43 Å². The molecule has 2 fully saturated rings. The first-order valence-electron chi connectivity index (χ1n) is 9.73. The Morgan fingerprint density at radius 2 is 2.03 bits per heavy atom. The predicted octanol–water partition coefficient (Wildman–Crippen LogP) is 1.94. The molecule has 4 rings (SSSR count). The molecule has 29 heavy (non-hydrogen) atoms. The highest BCUT2D eigenvalue weighted by Crippen LogP contribution is 2.46. The number of carbonyl (C=O) groups is 1. The maximum Gasteiger partial charge on any atom is 0.341 e. The molecule has 9 heteroatoms. The fourth-order valence-electron chi connectivity index (χ4n) is 4.20. The molecule has 1 saturated heterocycles. The number of carboxylic acid groups (broad SMARTS) is 1. The second-order valence-corrected chi connectivity index (χ2v) is 8.02. The third kappa shape index (κ3) is 3.00. The lowest BCUT2D eigenvalue weighted by Crippen LogP contribution is -2.46. The summed E-state index contributed by atoms with van der Waals surface area (Å²) < 4.78 is 22.8. The van der Waals surface area contributed by atoms with Gasteiger partial charge in [-0.05, 0) is 25.2 Å². The summed E-state index contributed by atoms with van der Waals surface area (Å²) in [6.45, 7) is 3.07. The van der Waals surface area contributed by atoms with Gasteiger partial charge in [-0.15, -0.1) is 0 Å². The Morgan fingerprint density at radius 1 is 1.34 bits per heavy atom. The number of anilines is 2. The molecule has 5 N–H and O–H groups in total. The first kappa shape index (κ1) is 19.5. The van der Waals surface area contributed by atoms with Crippen LogP contribution in [-0.2, 0) is 0 Å². The monoisotopic (exact) mass is 404 g/mol. The number of aromatic carboxylic acids is 1. The first-order chi connectivity index (χ1) is 13.8. The number of hydrogen-bond acceptors (Lipinski definition) is 6. The SMILES string of the molecule is COc1c(N2CC[C@H](N)[C@@H](C)C2)c(F)c(N)c2c(=O)c(C(=O)O)cn(C3CC3)c12. The molecule has 1 aliphatic carbocycles. The molecular weight excluding hydrogens is 379 g/mol. The van der Waals surface area contributed by atoms with E-state index in [1.54, 1.807) is 4.57 Å². The molecule has 1 aromatic carbocycles. The number of hydrogen-bond donors (Lipinski definition) is 3. The number of benzene rings is 1. The van der Waals surface area contributed by atoms with E-state index in [2.05, 4.69) is 0 Å². The highest BCUT2D eigenvalue weighted by Gasteiger charge is 2.34. The van der Waals surface area contributed by atoms with Gasteiger partial charge in [0.15, 0.2) is 11.6 Å². The van der Waals surface area contributed by atoms with Gasteiger partial charge in [0.1, 0.15) is 11.3 Å². The number of pyridine rings is 1. The number of rotatable bonds is 4. The zero-order valence-corrected chi connectivity index (χ0v) is 16.4. The van der Waals surface area contributed by atoms with Crippen molar-refractivity contribution in [3.63, 3.8) is 0 Å². The molecule has 8 nitrogen and oxygen atoms in total. The van der Waals surface area contributed by atoms with E-state index in [0.717, 1.165) is 12.8 Å². The number of nitrogen functional groups attached to an aromatic ring is 1. The van der Waals surface area contributed by atoms with E-state index < -0.39 is 22.8 Å². The Balaban J connectivity index is 2.06. The number of methoxy groups -OCH3 is 1. The summed E-state index contributed by atoms with van der Waals surface area (Å²) in [6, 6.07) is 0.0531. The number of ether oxygens (including phenoxy) is 1. The Hall–Kier alpha value is -2.81. The third-order valence-corrected chi connectivity index (χ3v) is 6.04. The van der Waals surface area contributed by atoms with Gasteiger partial charge < -0.3 is 30.8 Å². The second kappa shape index (κ2) is 6.91. The summed E-state index contributed by atoms with van der Waals surface area (Å²) in [5.74, 6) is -1.79. The normalized spacial score (nSPS) is 22.1. The van der Waals surface area contributed by atoms with Crippen molar-refractivity contribution in [2.75, 3.05) is 30.8 Å². The molecule has 1 saturated carbocycles. The Bertz CT molecular complexity index is 1060. The first-order valence-corrected chi connectivity index (χ1v) is 9.73. The van der Waals surface area contributed by atoms with E-state index in [0.29, 0.717) is 25.0 Å². The Morgan fingerprint density at radius 3 is 2.59 bits per heavy atom. The molecule has 0 unspecified atom stereocenters. The molecule has 2 heterocycles. The van der Waals surface area contributed by atoms with Crippen LogP contribution in [0.1, 0.15) is 42.6 Å². The summed E-state index contributed by atoms with van der Waals surface area (Å²) in [5.41, 5.74) is 11.2. The second-order valence-electron chi connectivity index (χ2n) is 8.02. The molecule has 2 aromatic rings. The van der Waals surface area contributed by atoms with Gasteiger partial charge in [0.25, 0.3) is 0 Å². The lowest BCUT2D eigenvalue weighted by molar-refractivity contribution is 0.0695. The topological polar surface area (TPSA) is 124 Å². The average Bonchev–Trinajstić information content (AvgIpc) is 3.51. The lowest BCUT2D eigenvalue weighted by atomic mass is 9.94. The van der Waals surface area contributed by atoms with Gasteiger partial charge in [-0.3, -0.25) is 4.79 Å². The molecule has 1 aromatic heterocycles. The zero-order valence-electron chi connectivity index (χ0n) is 16.4. The molecule has 0 bridgehead atoms. The van der Waals surface area contributed by atoms with Gasteiger partial charge >= 0.3 is 5.97 Å². The van der Waals surface area contributed by atoms with Crippen molar-refractivity contribution in [3.05, 3.63) is 27.8 Å². The summed E-state index contributed by atoms with van der Waals surface area (Å²) in [4.78, 5) is 26.3. The molecule has 0 spiro atoms. The van der Waals surface area contributed by atoms with E-state index in [1.807, 2.05) is 11.8 Å². The van der Waals surface area contributed by atoms with Crippen LogP contribution in [-0.4, -0.2) is 41.9 Å². The number of fused-ring (bicyclic) bond motifs is 1. The Labute approximate surface area is 166 Å². The minimum absolute atomic E-state index is 0.0245. The van der Waals surface area contributed by atoms with Crippen LogP contribution in [0.25, 0.3) is 10.9 Å². The fraction of sp³-hybridized carbons (Fsp3) is 0.500. The lowest BCUT2D eigenvalue weighted by Gasteiger charge is -2.37. The summed E-state index contributed by atoms with van der Waals surface area (Å²) >= 11 is 0. The smallest absolute Gasteiger partial charge is 0.341 e. The number of nitrogens with zero attached hydrogens (tertiary/aromatic N) is 2. The van der Waals surface area contributed by atoms with Crippen LogP contribution in [0.15, 0.2) is 11.0 Å². The number of halogens is 1. The highest BCUT2D eigenvalue weighted by molar-refractivity contribution is 6.03. The van der Waals surface area contributed by atoms with Crippen LogP contribution in [0.3, 0.4) is 0 Å². The molecule has 2 aliphatic rings. The van der Waals surface area contributed by atoms with E-state index in [4.69, 9.17) is 16.2 Å². The summed E-state index contributed by atoms with van der Waals surface area (Å²) in [6.07, 6.45) is 3.68. The van der Waals surface area contributed by atoms with Crippen LogP contribution in [0.4, 0.5) is 15.8 Å². The van der Waals surface area contributed by atoms with Gasteiger partial charge in [0.05, 0.1) is 23.7 Å². The summed E-state index contributed by atoms with van der Waals surface area (Å²) in [7, 11) is 1.42. The maximum atomic E-state index is 15.5. The third-order valence-electron chi connectivity index (χ3n) is 6.04. The van der Waals surface area contributed by atoms with E-state index >= 15 is 4.39 Å². The number of piperidine rings is 1. The van der Waals surface area contributed by atoms with E-state index in [9.17, 15) is 14.7 Å². The van der Waals surface area contributed by atoms with Crippen molar-refractivity contribution in [2.45, 2.75) is 38.3 Å². The van der Waals surface area contributed by atoms with E-state index in [1.165, 1.54) is 13.3 Å². The minimum Gasteiger partial charge on any atom is -0.492 e. The van der Waals surface area contributed by atoms with Crippen LogP contribution < -0.4 is 26.5 Å². The van der Waals surface area contributed by atoms with Crippen molar-refractivity contribution in [1.82, 2.24) is 4.57 Å². The standard InChI is InChI=1S/C20H25FN4O4/c1-9-7-24(6-5-12(9)22)17-14(21)15(23)13-16(19(17)29-2)25(10-3-4-10)8-11(18(13)26)20(27)28/h8-10,12H,3-7,22-23H2,1-2H3,(H,27,28)/t9-,12-/m0/s1. The quantitative estimate of drug-likeness (QED) is 0.665. The largest absolute Gasteiger partial charge is 0.492 e. The van der Waals surface area contributed by atoms with Gasteiger partial charge in [-0.2, -0.15) is 0 Å². The number of carboxylic acids is 1. The van der Waals surface area contributed by atoms with Gasteiger partial charge in [-0.1, -0.05) is 6.92 Å². The molecular formula is C20H25FN4O4. The van der Waals surface area contributed by atoms with E-state index in [-0.39, 0.29) is 40.5 Å². The van der Waals surface area contributed by atoms with Crippen molar-refractivity contribution >= 4 is 28.2 Å². The van der Waals surface area contributed by atoms with Crippen LogP contribution in [0.5, 0.6) is 5.75 Å². The van der Waals surface area contributed by atoms with Crippen molar-refractivity contribution < 1.29 is 19.0 Å². The van der Waals surface area contributed by atoms with Gasteiger partial charge in [-0.25, -0.2) is 9.18 Å². The van der Waals surface area contributed by atoms with Crippen LogP contribution in [0.2, 0.25) is 0 Å². The number of aromatic nitrogens is 1. The predicted molar refractivity (Wildman–Crippen MR) is 108 cm³/mol. The molecule has 0 radical (unpaired) electrons. The highest BCUT2D eigenvalue weighted by atomic mass is 19.1. The van der Waals surface area contributed by atoms with Crippen molar-refractivity contribution in [1.29, 1.82) is 0 Å². The molecule has 156 valence electrons. The average molecular weight is 404 g/mol. The van der Waals surface area contributed by atoms with Crippen molar-refractivity contribution in [3.8, 4) is 5.75 Å². The zero-order chi connectivity index (χ0) is 21.0. The number of nitrogens with two attached hydrogens (primary N) is 2. The maximum absolute atomic E-state index is 15.5. The minimum atomic E-state index is -1.37. The van der Waals surface area contributed by atoms with Gasteiger partial charge in [0, 0.05) is 31.4 Å². The van der Waals surface area contributed by atoms with Crippen molar-refractivity contribution in [2.24, 2.45) is 11.7 Å². The molecule has 0 amide bonds. The summed E-state index contributed by atoms with van der Waals surface area (Å²) in [5, 5.41) is 9.31.